The second-order valence-corrected chi connectivity index (χ2v) is 8.50. The van der Waals surface area contributed by atoms with E-state index in [-0.39, 0.29) is 30.3 Å². The maximum atomic E-state index is 13.6. The van der Waals surface area contributed by atoms with E-state index in [9.17, 15) is 22.4 Å². The third-order valence-corrected chi connectivity index (χ3v) is 5.97. The normalized spacial score (nSPS) is 13.7. The lowest BCUT2D eigenvalue weighted by Crippen LogP contribution is -2.07. The number of allylic oxidation sites excluding steroid dienone is 2. The van der Waals surface area contributed by atoms with E-state index in [4.69, 9.17) is 15.2 Å². The molecule has 0 fully saturated rings. The summed E-state index contributed by atoms with van der Waals surface area (Å²) < 4.78 is 65.1. The predicted octanol–water partition coefficient (Wildman–Crippen LogP) is 7.28. The maximum Gasteiger partial charge on any atom is 0.416 e. The molecule has 8 heteroatoms. The molecule has 0 amide bonds. The molecule has 0 aliphatic heterocycles. The van der Waals surface area contributed by atoms with Gasteiger partial charge in [0.2, 0.25) is 0 Å². The fourth-order valence-corrected chi connectivity index (χ4v) is 4.33. The molecular weight excluding hydrogens is 474 g/mol. The van der Waals surface area contributed by atoms with Crippen LogP contribution in [-0.2, 0) is 17.5 Å². The Kier molecular flexibility index (Phi) is 7.33. The zero-order valence-electron chi connectivity index (χ0n) is 19.6. The number of alkyl halides is 3. The van der Waals surface area contributed by atoms with Gasteiger partial charge in [-0.1, -0.05) is 12.1 Å². The van der Waals surface area contributed by atoms with Gasteiger partial charge in [0.15, 0.2) is 0 Å². The second-order valence-electron chi connectivity index (χ2n) is 8.50. The Morgan fingerprint density at radius 1 is 0.972 bits per heavy atom. The maximum absolute atomic E-state index is 13.6. The van der Waals surface area contributed by atoms with Gasteiger partial charge in [0.25, 0.3) is 0 Å². The Hall–Kier alpha value is -3.81. The number of benzene rings is 3. The standard InChI is InChI=1S/C28H25F4NO3/c1-2-35-27(34)19-12-18(13-22(33)14-19)23-4-3-5-24(23)25-15-20(28(30,31)32)8-11-26(25)36-16-17-6-9-21(29)10-7-17/h6-15H,2-5,16,33H2,1H3. The van der Waals surface area contributed by atoms with Crippen molar-refractivity contribution in [2.24, 2.45) is 0 Å². The monoisotopic (exact) mass is 499 g/mol. The summed E-state index contributed by atoms with van der Waals surface area (Å²) in [6, 6.07) is 14.0. The van der Waals surface area contributed by atoms with Crippen molar-refractivity contribution in [1.29, 1.82) is 0 Å². The molecule has 4 nitrogen and oxygen atoms in total. The topological polar surface area (TPSA) is 61.5 Å². The van der Waals surface area contributed by atoms with Crippen LogP contribution in [0.4, 0.5) is 23.2 Å². The lowest BCUT2D eigenvalue weighted by Gasteiger charge is -2.17. The Bertz CT molecular complexity index is 1300. The molecule has 3 aromatic rings. The number of nitrogens with two attached hydrogens (primary N) is 1. The number of nitrogen functional groups attached to an aromatic ring is 1. The highest BCUT2D eigenvalue weighted by Gasteiger charge is 2.32. The van der Waals surface area contributed by atoms with Gasteiger partial charge < -0.3 is 15.2 Å². The van der Waals surface area contributed by atoms with Crippen molar-refractivity contribution in [1.82, 2.24) is 0 Å². The van der Waals surface area contributed by atoms with Crippen LogP contribution < -0.4 is 10.5 Å². The summed E-state index contributed by atoms with van der Waals surface area (Å²) in [4.78, 5) is 12.3. The number of anilines is 1. The van der Waals surface area contributed by atoms with Crippen LogP contribution in [-0.4, -0.2) is 12.6 Å². The van der Waals surface area contributed by atoms with E-state index in [1.165, 1.54) is 24.3 Å². The first-order chi connectivity index (χ1) is 17.2. The number of ether oxygens (including phenoxy) is 2. The summed E-state index contributed by atoms with van der Waals surface area (Å²) in [5, 5.41) is 0. The number of halogens is 4. The molecule has 2 N–H and O–H groups in total. The van der Waals surface area contributed by atoms with Crippen LogP contribution in [0.2, 0.25) is 0 Å². The lowest BCUT2D eigenvalue weighted by molar-refractivity contribution is -0.137. The van der Waals surface area contributed by atoms with Crippen LogP contribution in [0, 0.1) is 5.82 Å². The highest BCUT2D eigenvalue weighted by Crippen LogP contribution is 2.45. The number of hydrogen-bond acceptors (Lipinski definition) is 4. The highest BCUT2D eigenvalue weighted by molar-refractivity contribution is 5.97. The van der Waals surface area contributed by atoms with Gasteiger partial charge in [-0.15, -0.1) is 0 Å². The number of carbonyl (C=O) groups excluding carboxylic acids is 1. The van der Waals surface area contributed by atoms with E-state index in [1.54, 1.807) is 31.2 Å². The van der Waals surface area contributed by atoms with Crippen LogP contribution in [0.5, 0.6) is 5.75 Å². The van der Waals surface area contributed by atoms with Crippen molar-refractivity contribution < 1.29 is 31.8 Å². The van der Waals surface area contributed by atoms with Gasteiger partial charge in [-0.3, -0.25) is 0 Å². The Morgan fingerprint density at radius 2 is 1.69 bits per heavy atom. The minimum absolute atomic E-state index is 0.0621. The minimum Gasteiger partial charge on any atom is -0.488 e. The molecule has 0 bridgehead atoms. The molecule has 0 atom stereocenters. The van der Waals surface area contributed by atoms with Crippen molar-refractivity contribution in [2.45, 2.75) is 39.0 Å². The first kappa shape index (κ1) is 25.3. The van der Waals surface area contributed by atoms with Crippen LogP contribution in [0.25, 0.3) is 11.1 Å². The molecule has 0 aromatic heterocycles. The first-order valence-electron chi connectivity index (χ1n) is 11.5. The third-order valence-electron chi connectivity index (χ3n) is 5.97. The van der Waals surface area contributed by atoms with Crippen molar-refractivity contribution in [3.05, 3.63) is 94.3 Å². The minimum atomic E-state index is -4.53. The zero-order chi connectivity index (χ0) is 25.9. The van der Waals surface area contributed by atoms with Crippen molar-refractivity contribution in [2.75, 3.05) is 12.3 Å². The van der Waals surface area contributed by atoms with Gasteiger partial charge in [0.1, 0.15) is 18.2 Å². The molecule has 0 unspecified atom stereocenters. The zero-order valence-corrected chi connectivity index (χ0v) is 19.6. The summed E-state index contributed by atoms with van der Waals surface area (Å²) in [6.45, 7) is 1.96. The molecule has 1 aliphatic rings. The van der Waals surface area contributed by atoms with Gasteiger partial charge in [-0.25, -0.2) is 9.18 Å². The van der Waals surface area contributed by atoms with E-state index < -0.39 is 17.7 Å². The smallest absolute Gasteiger partial charge is 0.416 e. The summed E-state index contributed by atoms with van der Waals surface area (Å²) in [6.07, 6.45) is -2.67. The molecule has 0 saturated carbocycles. The number of hydrogen-bond donors (Lipinski definition) is 1. The Labute approximate surface area is 206 Å². The average Bonchev–Trinajstić information content (AvgIpc) is 3.33. The molecule has 1 aliphatic carbocycles. The number of rotatable bonds is 7. The van der Waals surface area contributed by atoms with E-state index >= 15 is 0 Å². The van der Waals surface area contributed by atoms with Crippen molar-refractivity contribution >= 4 is 22.8 Å². The lowest BCUT2D eigenvalue weighted by atomic mass is 9.94. The quantitative estimate of drug-likeness (QED) is 0.211. The molecule has 0 heterocycles. The molecule has 0 radical (unpaired) electrons. The summed E-state index contributed by atoms with van der Waals surface area (Å²) in [7, 11) is 0. The van der Waals surface area contributed by atoms with Crippen LogP contribution >= 0.6 is 0 Å². The van der Waals surface area contributed by atoms with E-state index in [2.05, 4.69) is 0 Å². The molecule has 188 valence electrons. The third kappa shape index (κ3) is 5.70. The Morgan fingerprint density at radius 3 is 2.39 bits per heavy atom. The van der Waals surface area contributed by atoms with Gasteiger partial charge in [0, 0.05) is 11.3 Å². The molecule has 3 aromatic carbocycles. The molecule has 0 spiro atoms. The van der Waals surface area contributed by atoms with E-state index in [0.29, 0.717) is 40.8 Å². The summed E-state index contributed by atoms with van der Waals surface area (Å²) in [5.41, 5.74) is 9.07. The van der Waals surface area contributed by atoms with Crippen molar-refractivity contribution in [3.63, 3.8) is 0 Å². The van der Waals surface area contributed by atoms with Gasteiger partial charge in [-0.2, -0.15) is 13.2 Å². The van der Waals surface area contributed by atoms with Crippen LogP contribution in [0.1, 0.15) is 58.8 Å². The Balaban J connectivity index is 1.78. The van der Waals surface area contributed by atoms with Gasteiger partial charge >= 0.3 is 12.1 Å². The van der Waals surface area contributed by atoms with Gasteiger partial charge in [-0.05, 0) is 97.0 Å². The van der Waals surface area contributed by atoms with E-state index in [1.807, 2.05) is 0 Å². The van der Waals surface area contributed by atoms with E-state index in [0.717, 1.165) is 24.1 Å². The molecule has 0 saturated heterocycles. The van der Waals surface area contributed by atoms with Crippen LogP contribution in [0.15, 0.2) is 60.7 Å². The highest BCUT2D eigenvalue weighted by atomic mass is 19.4. The number of esters is 1. The summed E-state index contributed by atoms with van der Waals surface area (Å²) >= 11 is 0. The largest absolute Gasteiger partial charge is 0.488 e. The fraction of sp³-hybridized carbons (Fsp3) is 0.250. The SMILES string of the molecule is CCOC(=O)c1cc(N)cc(C2=C(c3cc(C(F)(F)F)ccc3OCc3ccc(F)cc3)CCC2)c1. The summed E-state index contributed by atoms with van der Waals surface area (Å²) in [5.74, 6) is -0.621. The molecule has 36 heavy (non-hydrogen) atoms. The molecular formula is C28H25F4NO3. The average molecular weight is 500 g/mol. The fourth-order valence-electron chi connectivity index (χ4n) is 4.33. The first-order valence-corrected chi connectivity index (χ1v) is 11.5. The molecule has 4 rings (SSSR count). The van der Waals surface area contributed by atoms with Gasteiger partial charge in [0.05, 0.1) is 17.7 Å². The predicted molar refractivity (Wildman–Crippen MR) is 130 cm³/mol. The van der Waals surface area contributed by atoms with Crippen molar-refractivity contribution in [3.8, 4) is 5.75 Å². The van der Waals surface area contributed by atoms with Crippen LogP contribution in [0.3, 0.4) is 0 Å². The second kappa shape index (κ2) is 10.4. The number of carbonyl (C=O) groups is 1.